The molecule has 5 aliphatic rings. The molecule has 6 nitrogen and oxygen atoms in total. The fraction of sp³-hybridized carbons (Fsp3) is 0.968. The van der Waals surface area contributed by atoms with Crippen LogP contribution in [0.15, 0.2) is 0 Å². The second-order valence-corrected chi connectivity index (χ2v) is 17.4. The van der Waals surface area contributed by atoms with E-state index in [0.717, 1.165) is 44.2 Å². The molecule has 1 heterocycles. The molecule has 0 aromatic heterocycles. The van der Waals surface area contributed by atoms with E-state index in [1.54, 1.807) is 0 Å². The van der Waals surface area contributed by atoms with Crippen LogP contribution >= 0.6 is 0 Å². The fourth-order valence-corrected chi connectivity index (χ4v) is 11.6. The molecule has 8 atom stereocenters. The molecule has 0 aromatic rings. The fourth-order valence-electron chi connectivity index (χ4n) is 10.3. The smallest absolute Gasteiger partial charge is 0.306 e. The van der Waals surface area contributed by atoms with Gasteiger partial charge in [-0.05, 0) is 97.7 Å². The Bertz CT molecular complexity index is 999. The molecule has 1 saturated heterocycles. The molecule has 5 rings (SSSR count). The first-order valence-corrected chi connectivity index (χ1v) is 17.5. The van der Waals surface area contributed by atoms with Crippen molar-refractivity contribution in [1.29, 1.82) is 0 Å². The van der Waals surface area contributed by atoms with Gasteiger partial charge >= 0.3 is 5.97 Å². The molecule has 0 aromatic carbocycles. The number of nitrogens with zero attached hydrogens (tertiary/aromatic N) is 1. The van der Waals surface area contributed by atoms with Crippen molar-refractivity contribution in [3.05, 3.63) is 0 Å². The Morgan fingerprint density at radius 1 is 1.00 bits per heavy atom. The lowest BCUT2D eigenvalue weighted by molar-refractivity contribution is -0.183. The molecule has 38 heavy (non-hydrogen) atoms. The number of hydrogen-bond acceptors (Lipinski definition) is 5. The summed E-state index contributed by atoms with van der Waals surface area (Å²) in [5, 5.41) is 14.3. The highest BCUT2D eigenvalue weighted by Crippen LogP contribution is 2.71. The van der Waals surface area contributed by atoms with Gasteiger partial charge in [-0.2, -0.15) is 0 Å². The van der Waals surface area contributed by atoms with Crippen LogP contribution in [0.25, 0.3) is 0 Å². The minimum absolute atomic E-state index is 0.0836. The van der Waals surface area contributed by atoms with Gasteiger partial charge in [0.25, 0.3) is 0 Å². The average molecular weight is 551 g/mol. The second kappa shape index (κ2) is 10.0. The Labute approximate surface area is 232 Å². The number of nitrogens with one attached hydrogen (secondary N) is 1. The molecular formula is C31H54N2O4S. The van der Waals surface area contributed by atoms with Crippen molar-refractivity contribution in [2.45, 2.75) is 104 Å². The van der Waals surface area contributed by atoms with Crippen LogP contribution < -0.4 is 5.32 Å². The minimum atomic E-state index is -2.87. The third kappa shape index (κ3) is 4.68. The normalized spacial score (nSPS) is 45.1. The maximum absolute atomic E-state index is 12.6. The van der Waals surface area contributed by atoms with Gasteiger partial charge in [0.05, 0.1) is 17.4 Å². The Morgan fingerprint density at radius 3 is 2.37 bits per heavy atom. The van der Waals surface area contributed by atoms with Gasteiger partial charge in [-0.1, -0.05) is 41.0 Å². The summed E-state index contributed by atoms with van der Waals surface area (Å²) in [6.07, 6.45) is 11.7. The van der Waals surface area contributed by atoms with Gasteiger partial charge in [-0.25, -0.2) is 8.42 Å². The van der Waals surface area contributed by atoms with Gasteiger partial charge in [0.2, 0.25) is 0 Å². The van der Waals surface area contributed by atoms with Crippen LogP contribution in [0.4, 0.5) is 0 Å². The standard InChI is InChI=1S/C31H54N2O4S/c1-6-28(2,3)22-9-11-29(4)23(21-22)7-8-25-26-24(27(34)35)10-12-31(26,14-13-30(25,29)5)32-15-16-33-17-19-38(36,37)20-18-33/h22-26,32H,6-21H2,1-5H3,(H,34,35)/t22-,23-,24-,25-,26-,29-,30-,31+/m1/s1. The van der Waals surface area contributed by atoms with Crippen LogP contribution in [0.5, 0.6) is 0 Å². The Hall–Kier alpha value is -0.660. The molecule has 0 bridgehead atoms. The van der Waals surface area contributed by atoms with E-state index in [0.29, 0.717) is 29.8 Å². The molecule has 7 heteroatoms. The zero-order valence-electron chi connectivity index (χ0n) is 24.7. The van der Waals surface area contributed by atoms with Gasteiger partial charge in [0.1, 0.15) is 0 Å². The lowest BCUT2D eigenvalue weighted by Crippen LogP contribution is -2.65. The van der Waals surface area contributed by atoms with Crippen LogP contribution in [0.3, 0.4) is 0 Å². The SMILES string of the molecule is CCC(C)(C)[C@@H]1CC[C@]2(C)[C@H](CC[C@@H]3[C@H]4[C@H](C(=O)O)CC[C@]4(NCCN4CCS(=O)(=O)CC4)CC[C@]32C)C1. The third-order valence-electron chi connectivity index (χ3n) is 13.6. The summed E-state index contributed by atoms with van der Waals surface area (Å²) in [5.41, 5.74) is 0.822. The van der Waals surface area contributed by atoms with E-state index in [1.807, 2.05) is 0 Å². The highest BCUT2D eigenvalue weighted by molar-refractivity contribution is 7.91. The Morgan fingerprint density at radius 2 is 1.71 bits per heavy atom. The number of carboxylic acid groups (broad SMARTS) is 1. The summed E-state index contributed by atoms with van der Waals surface area (Å²) in [7, 11) is -2.87. The molecule has 2 N–H and O–H groups in total. The molecule has 0 spiro atoms. The first-order valence-electron chi connectivity index (χ1n) is 15.7. The van der Waals surface area contributed by atoms with Crippen molar-refractivity contribution in [2.75, 3.05) is 37.7 Å². The summed E-state index contributed by atoms with van der Waals surface area (Å²) >= 11 is 0. The summed E-state index contributed by atoms with van der Waals surface area (Å²) < 4.78 is 23.7. The minimum Gasteiger partial charge on any atom is -0.481 e. The van der Waals surface area contributed by atoms with E-state index in [4.69, 9.17) is 0 Å². The number of carbonyl (C=O) groups is 1. The molecule has 0 unspecified atom stereocenters. The summed E-state index contributed by atoms with van der Waals surface area (Å²) in [4.78, 5) is 14.9. The van der Waals surface area contributed by atoms with Crippen molar-refractivity contribution in [3.63, 3.8) is 0 Å². The van der Waals surface area contributed by atoms with Crippen molar-refractivity contribution < 1.29 is 18.3 Å². The quantitative estimate of drug-likeness (QED) is 0.452. The third-order valence-corrected chi connectivity index (χ3v) is 15.2. The van der Waals surface area contributed by atoms with E-state index in [1.165, 1.54) is 44.9 Å². The first-order chi connectivity index (χ1) is 17.8. The predicted octanol–water partition coefficient (Wildman–Crippen LogP) is 5.22. The number of fused-ring (bicyclic) bond motifs is 5. The Kier molecular flexibility index (Phi) is 7.60. The largest absolute Gasteiger partial charge is 0.481 e. The van der Waals surface area contributed by atoms with Gasteiger partial charge in [-0.15, -0.1) is 0 Å². The Balaban J connectivity index is 1.34. The monoisotopic (exact) mass is 550 g/mol. The van der Waals surface area contributed by atoms with E-state index in [-0.39, 0.29) is 34.3 Å². The van der Waals surface area contributed by atoms with Crippen molar-refractivity contribution in [3.8, 4) is 0 Å². The number of carboxylic acids is 1. The number of rotatable bonds is 7. The molecule has 4 aliphatic carbocycles. The van der Waals surface area contributed by atoms with Crippen LogP contribution in [0.2, 0.25) is 0 Å². The number of sulfone groups is 1. The molecule has 218 valence electrons. The number of aliphatic carboxylic acids is 1. The highest BCUT2D eigenvalue weighted by Gasteiger charge is 2.67. The zero-order valence-corrected chi connectivity index (χ0v) is 25.5. The zero-order chi connectivity index (χ0) is 27.6. The summed E-state index contributed by atoms with van der Waals surface area (Å²) in [6.45, 7) is 15.3. The van der Waals surface area contributed by atoms with Gasteiger partial charge < -0.3 is 15.3 Å². The van der Waals surface area contributed by atoms with E-state index in [2.05, 4.69) is 44.8 Å². The summed E-state index contributed by atoms with van der Waals surface area (Å²) in [6, 6.07) is 0. The predicted molar refractivity (Wildman–Crippen MR) is 153 cm³/mol. The highest BCUT2D eigenvalue weighted by atomic mass is 32.2. The van der Waals surface area contributed by atoms with E-state index < -0.39 is 15.8 Å². The van der Waals surface area contributed by atoms with Gasteiger partial charge in [0.15, 0.2) is 9.84 Å². The van der Waals surface area contributed by atoms with E-state index in [9.17, 15) is 18.3 Å². The maximum atomic E-state index is 12.6. The lowest BCUT2D eigenvalue weighted by Gasteiger charge is -2.68. The molecule has 1 aliphatic heterocycles. The molecule has 0 amide bonds. The van der Waals surface area contributed by atoms with Crippen LogP contribution in [-0.2, 0) is 14.6 Å². The maximum Gasteiger partial charge on any atom is 0.306 e. The number of hydrogen-bond donors (Lipinski definition) is 2. The van der Waals surface area contributed by atoms with Crippen LogP contribution in [0.1, 0.15) is 98.8 Å². The van der Waals surface area contributed by atoms with Crippen LogP contribution in [0, 0.1) is 45.8 Å². The van der Waals surface area contributed by atoms with Gasteiger partial charge in [-0.3, -0.25) is 4.79 Å². The van der Waals surface area contributed by atoms with Crippen molar-refractivity contribution in [2.24, 2.45) is 45.8 Å². The topological polar surface area (TPSA) is 86.7 Å². The molecule has 0 radical (unpaired) electrons. The average Bonchev–Trinajstić information content (AvgIpc) is 3.25. The molecular weight excluding hydrogens is 496 g/mol. The molecule has 4 saturated carbocycles. The van der Waals surface area contributed by atoms with Crippen molar-refractivity contribution >= 4 is 15.8 Å². The summed E-state index contributed by atoms with van der Waals surface area (Å²) in [5.74, 6) is 1.91. The second-order valence-electron chi connectivity index (χ2n) is 15.1. The first kappa shape index (κ1) is 28.9. The van der Waals surface area contributed by atoms with E-state index >= 15 is 0 Å². The van der Waals surface area contributed by atoms with Crippen molar-refractivity contribution in [1.82, 2.24) is 10.2 Å². The lowest BCUT2D eigenvalue weighted by atomic mass is 9.38. The molecule has 5 fully saturated rings. The van der Waals surface area contributed by atoms with Gasteiger partial charge in [0, 0.05) is 31.7 Å². The van der Waals surface area contributed by atoms with Crippen LogP contribution in [-0.4, -0.2) is 67.6 Å².